The van der Waals surface area contributed by atoms with E-state index < -0.39 is 5.97 Å². The van der Waals surface area contributed by atoms with Crippen molar-refractivity contribution in [1.82, 2.24) is 10.1 Å². The van der Waals surface area contributed by atoms with Crippen LogP contribution in [0.1, 0.15) is 26.6 Å². The Hall–Kier alpha value is -3.48. The van der Waals surface area contributed by atoms with Crippen LogP contribution in [0.2, 0.25) is 0 Å². The molecule has 0 saturated carbocycles. The van der Waals surface area contributed by atoms with Crippen LogP contribution >= 0.6 is 0 Å². The Labute approximate surface area is 143 Å². The summed E-state index contributed by atoms with van der Waals surface area (Å²) in [5.74, 6) is 0.684. The van der Waals surface area contributed by atoms with Gasteiger partial charge in [0.2, 0.25) is 5.82 Å². The lowest BCUT2D eigenvalue weighted by Crippen LogP contribution is -2.05. The number of aromatic nitrogens is 2. The summed E-state index contributed by atoms with van der Waals surface area (Å²) in [4.78, 5) is 26.8. The quantitative estimate of drug-likeness (QED) is 0.504. The Morgan fingerprint density at radius 3 is 2.72 bits per heavy atom. The molecule has 1 aromatic heterocycles. The summed E-state index contributed by atoms with van der Waals surface area (Å²) in [6.07, 6.45) is 0.702. The van der Waals surface area contributed by atoms with Crippen LogP contribution in [0.15, 0.2) is 53.1 Å². The molecule has 0 aliphatic rings. The molecule has 7 nitrogen and oxygen atoms in total. The number of carbonyl (C=O) groups is 2. The molecule has 0 aliphatic carbocycles. The van der Waals surface area contributed by atoms with Crippen LogP contribution in [0.25, 0.3) is 11.4 Å². The Kier molecular flexibility index (Phi) is 4.84. The van der Waals surface area contributed by atoms with Crippen molar-refractivity contribution in [1.29, 1.82) is 0 Å². The third-order valence-corrected chi connectivity index (χ3v) is 3.41. The van der Waals surface area contributed by atoms with Crippen LogP contribution in [0.5, 0.6) is 5.75 Å². The predicted molar refractivity (Wildman–Crippen MR) is 87.2 cm³/mol. The first-order valence-corrected chi connectivity index (χ1v) is 7.39. The van der Waals surface area contributed by atoms with Gasteiger partial charge in [0.25, 0.3) is 5.89 Å². The maximum Gasteiger partial charge on any atom is 0.338 e. The standard InChI is InChI=1S/C18H14N2O5/c1-23-15-4-2-3-14(9-15)17-19-16(25-20-17)11-24-18(22)13-7-5-12(10-21)6-8-13/h2-10H,11H2,1H3. The van der Waals surface area contributed by atoms with E-state index in [9.17, 15) is 9.59 Å². The molecule has 25 heavy (non-hydrogen) atoms. The van der Waals surface area contributed by atoms with Crippen LogP contribution in [0.3, 0.4) is 0 Å². The third kappa shape index (κ3) is 3.89. The summed E-state index contributed by atoms with van der Waals surface area (Å²) in [5.41, 5.74) is 1.54. The number of methoxy groups -OCH3 is 1. The van der Waals surface area contributed by atoms with E-state index in [4.69, 9.17) is 14.0 Å². The second kappa shape index (κ2) is 7.39. The van der Waals surface area contributed by atoms with Crippen molar-refractivity contribution >= 4 is 12.3 Å². The maximum atomic E-state index is 12.0. The first kappa shape index (κ1) is 16.4. The zero-order valence-electron chi connectivity index (χ0n) is 13.3. The van der Waals surface area contributed by atoms with Crippen molar-refractivity contribution in [2.24, 2.45) is 0 Å². The van der Waals surface area contributed by atoms with Crippen molar-refractivity contribution in [3.05, 3.63) is 65.5 Å². The van der Waals surface area contributed by atoms with Gasteiger partial charge in [0.05, 0.1) is 12.7 Å². The number of hydrogen-bond acceptors (Lipinski definition) is 7. The largest absolute Gasteiger partial charge is 0.497 e. The van der Waals surface area contributed by atoms with Crippen molar-refractivity contribution in [2.45, 2.75) is 6.61 Å². The molecule has 7 heteroatoms. The number of carbonyl (C=O) groups excluding carboxylic acids is 2. The smallest absolute Gasteiger partial charge is 0.338 e. The average Bonchev–Trinajstić information content (AvgIpc) is 3.15. The topological polar surface area (TPSA) is 91.5 Å². The summed E-state index contributed by atoms with van der Waals surface area (Å²) < 4.78 is 15.4. The number of aldehydes is 1. The lowest BCUT2D eigenvalue weighted by atomic mass is 10.1. The Balaban J connectivity index is 1.64. The van der Waals surface area contributed by atoms with Crippen molar-refractivity contribution in [3.63, 3.8) is 0 Å². The number of nitrogens with zero attached hydrogens (tertiary/aromatic N) is 2. The fourth-order valence-corrected chi connectivity index (χ4v) is 2.10. The molecule has 0 saturated heterocycles. The molecule has 0 amide bonds. The van der Waals surface area contributed by atoms with Crippen LogP contribution in [0, 0.1) is 0 Å². The molecule has 0 fully saturated rings. The molecule has 3 aromatic rings. The van der Waals surface area contributed by atoms with Crippen LogP contribution in [-0.4, -0.2) is 29.5 Å². The number of benzene rings is 2. The van der Waals surface area contributed by atoms with Gasteiger partial charge >= 0.3 is 5.97 Å². The van der Waals surface area contributed by atoms with Gasteiger partial charge in [0.15, 0.2) is 6.61 Å². The van der Waals surface area contributed by atoms with Gasteiger partial charge in [0, 0.05) is 11.1 Å². The summed E-state index contributed by atoms with van der Waals surface area (Å²) in [6.45, 7) is -0.148. The van der Waals surface area contributed by atoms with E-state index in [1.165, 1.54) is 24.3 Å². The highest BCUT2D eigenvalue weighted by Gasteiger charge is 2.13. The molecule has 0 atom stereocenters. The van der Waals surface area contributed by atoms with E-state index in [0.29, 0.717) is 29.0 Å². The Bertz CT molecular complexity index is 886. The summed E-state index contributed by atoms with van der Waals surface area (Å²) in [6, 6.07) is 13.3. The highest BCUT2D eigenvalue weighted by Crippen LogP contribution is 2.21. The molecule has 0 N–H and O–H groups in total. The van der Waals surface area contributed by atoms with Gasteiger partial charge in [-0.15, -0.1) is 0 Å². The minimum Gasteiger partial charge on any atom is -0.497 e. The van der Waals surface area contributed by atoms with Crippen LogP contribution < -0.4 is 4.74 Å². The summed E-state index contributed by atoms with van der Waals surface area (Å²) in [5, 5.41) is 3.86. The molecule has 0 radical (unpaired) electrons. The van der Waals surface area contributed by atoms with Crippen LogP contribution in [0.4, 0.5) is 0 Å². The molecular weight excluding hydrogens is 324 g/mol. The number of ether oxygens (including phenoxy) is 2. The number of rotatable bonds is 6. The molecule has 0 aliphatic heterocycles. The first-order valence-electron chi connectivity index (χ1n) is 7.39. The highest BCUT2D eigenvalue weighted by molar-refractivity contribution is 5.90. The lowest BCUT2D eigenvalue weighted by molar-refractivity contribution is 0.0429. The zero-order chi connectivity index (χ0) is 17.6. The van der Waals surface area contributed by atoms with Gasteiger partial charge in [-0.25, -0.2) is 4.79 Å². The fraction of sp³-hybridized carbons (Fsp3) is 0.111. The SMILES string of the molecule is COc1cccc(-c2noc(COC(=O)c3ccc(C=O)cc3)n2)c1. The molecule has 2 aromatic carbocycles. The number of esters is 1. The summed E-state index contributed by atoms with van der Waals surface area (Å²) >= 11 is 0. The van der Waals surface area contributed by atoms with E-state index in [-0.39, 0.29) is 12.5 Å². The van der Waals surface area contributed by atoms with Crippen LogP contribution in [-0.2, 0) is 11.3 Å². The minimum atomic E-state index is -0.543. The molecule has 3 rings (SSSR count). The second-order valence-corrected chi connectivity index (χ2v) is 5.06. The van der Waals surface area contributed by atoms with Gasteiger partial charge < -0.3 is 14.0 Å². The van der Waals surface area contributed by atoms with Crippen molar-refractivity contribution in [2.75, 3.05) is 7.11 Å². The van der Waals surface area contributed by atoms with Gasteiger partial charge in [0.1, 0.15) is 12.0 Å². The molecule has 1 heterocycles. The van der Waals surface area contributed by atoms with E-state index in [0.717, 1.165) is 5.56 Å². The minimum absolute atomic E-state index is 0.148. The normalized spacial score (nSPS) is 10.3. The second-order valence-electron chi connectivity index (χ2n) is 5.06. The van der Waals surface area contributed by atoms with E-state index >= 15 is 0 Å². The van der Waals surface area contributed by atoms with Crippen molar-refractivity contribution < 1.29 is 23.6 Å². The zero-order valence-corrected chi connectivity index (χ0v) is 13.3. The molecular formula is C18H14N2O5. The van der Waals surface area contributed by atoms with Gasteiger partial charge in [-0.3, -0.25) is 4.79 Å². The van der Waals surface area contributed by atoms with Gasteiger partial charge in [-0.1, -0.05) is 29.4 Å². The number of hydrogen-bond donors (Lipinski definition) is 0. The third-order valence-electron chi connectivity index (χ3n) is 3.41. The molecule has 0 bridgehead atoms. The highest BCUT2D eigenvalue weighted by atomic mass is 16.6. The molecule has 0 spiro atoms. The van der Waals surface area contributed by atoms with E-state index in [2.05, 4.69) is 10.1 Å². The first-order chi connectivity index (χ1) is 12.2. The van der Waals surface area contributed by atoms with Gasteiger partial charge in [-0.05, 0) is 24.3 Å². The fourth-order valence-electron chi connectivity index (χ4n) is 2.10. The van der Waals surface area contributed by atoms with Crippen molar-refractivity contribution in [3.8, 4) is 17.1 Å². The summed E-state index contributed by atoms with van der Waals surface area (Å²) in [7, 11) is 1.57. The van der Waals surface area contributed by atoms with E-state index in [1.54, 1.807) is 13.2 Å². The molecule has 126 valence electrons. The van der Waals surface area contributed by atoms with E-state index in [1.807, 2.05) is 18.2 Å². The Morgan fingerprint density at radius 2 is 2.00 bits per heavy atom. The van der Waals surface area contributed by atoms with Gasteiger partial charge in [-0.2, -0.15) is 4.98 Å². The maximum absolute atomic E-state index is 12.0. The monoisotopic (exact) mass is 338 g/mol. The average molecular weight is 338 g/mol. The lowest BCUT2D eigenvalue weighted by Gasteiger charge is -2.02. The molecule has 0 unspecified atom stereocenters. The predicted octanol–water partition coefficient (Wildman–Crippen LogP) is 2.91. The Morgan fingerprint density at radius 1 is 1.20 bits per heavy atom.